The number of esters is 2. The lowest BCUT2D eigenvalue weighted by molar-refractivity contribution is -0.159. The quantitative estimate of drug-likeness (QED) is 0.408. The summed E-state index contributed by atoms with van der Waals surface area (Å²) >= 11 is 0. The smallest absolute Gasteiger partial charge is 0.347 e. The lowest BCUT2D eigenvalue weighted by Gasteiger charge is -2.26. The van der Waals surface area contributed by atoms with Crippen molar-refractivity contribution < 1.29 is 29.0 Å². The second-order valence-electron chi connectivity index (χ2n) is 8.84. The summed E-state index contributed by atoms with van der Waals surface area (Å²) in [7, 11) is 1.21. The van der Waals surface area contributed by atoms with E-state index in [0.29, 0.717) is 36.9 Å². The molecule has 1 atom stereocenters. The molecule has 0 saturated carbocycles. The molecule has 2 aromatic carbocycles. The van der Waals surface area contributed by atoms with Gasteiger partial charge in [-0.25, -0.2) is 4.79 Å². The van der Waals surface area contributed by atoms with Gasteiger partial charge in [-0.05, 0) is 51.3 Å². The number of carbonyl (C=O) groups excluding carboxylic acids is 3. The molecule has 0 spiro atoms. The van der Waals surface area contributed by atoms with Gasteiger partial charge in [0.1, 0.15) is 5.60 Å². The summed E-state index contributed by atoms with van der Waals surface area (Å²) in [6.45, 7) is 5.49. The molecular weight excluding hydrogens is 422 g/mol. The third-order valence-electron chi connectivity index (χ3n) is 4.94. The lowest BCUT2D eigenvalue weighted by Crippen LogP contribution is -2.38. The molecule has 0 fully saturated rings. The Morgan fingerprint density at radius 2 is 1.52 bits per heavy atom. The molecule has 2 aromatic rings. The zero-order chi connectivity index (χ0) is 24.5. The molecule has 0 heterocycles. The Bertz CT molecular complexity index is 951. The molecule has 178 valence electrons. The number of unbranched alkanes of at least 4 members (excludes halogenated alkanes) is 2. The van der Waals surface area contributed by atoms with Crippen molar-refractivity contribution in [1.29, 1.82) is 0 Å². The van der Waals surface area contributed by atoms with Crippen LogP contribution in [-0.4, -0.2) is 35.7 Å². The maximum absolute atomic E-state index is 12.5. The molecule has 0 aliphatic heterocycles. The van der Waals surface area contributed by atoms with Crippen molar-refractivity contribution >= 4 is 23.5 Å². The zero-order valence-corrected chi connectivity index (χ0v) is 19.7. The third-order valence-corrected chi connectivity index (χ3v) is 4.94. The fraction of sp³-hybridized carbons (Fsp3) is 0.423. The minimum Gasteiger partial charge on any atom is -0.466 e. The first-order valence-electron chi connectivity index (χ1n) is 11.0. The molecule has 0 bridgehead atoms. The van der Waals surface area contributed by atoms with Crippen molar-refractivity contribution in [3.05, 3.63) is 65.7 Å². The summed E-state index contributed by atoms with van der Waals surface area (Å²) in [5.41, 5.74) is -1.38. The maximum Gasteiger partial charge on any atom is 0.347 e. The lowest BCUT2D eigenvalue weighted by atomic mass is 9.86. The van der Waals surface area contributed by atoms with Gasteiger partial charge in [-0.15, -0.1) is 0 Å². The van der Waals surface area contributed by atoms with E-state index in [1.807, 2.05) is 20.8 Å². The van der Waals surface area contributed by atoms with Crippen LogP contribution < -0.4 is 5.32 Å². The number of benzene rings is 2. The van der Waals surface area contributed by atoms with E-state index in [2.05, 4.69) is 5.32 Å². The van der Waals surface area contributed by atoms with Gasteiger partial charge in [0, 0.05) is 24.1 Å². The van der Waals surface area contributed by atoms with E-state index >= 15 is 0 Å². The number of amides is 1. The van der Waals surface area contributed by atoms with Crippen LogP contribution in [0.15, 0.2) is 54.6 Å². The van der Waals surface area contributed by atoms with Crippen LogP contribution in [0.25, 0.3) is 0 Å². The largest absolute Gasteiger partial charge is 0.466 e. The predicted molar refractivity (Wildman–Crippen MR) is 125 cm³/mol. The fourth-order valence-corrected chi connectivity index (χ4v) is 3.40. The highest BCUT2D eigenvalue weighted by Crippen LogP contribution is 2.32. The topological polar surface area (TPSA) is 102 Å². The Hall–Kier alpha value is -3.19. The molecule has 0 aromatic heterocycles. The van der Waals surface area contributed by atoms with Crippen molar-refractivity contribution in [3.63, 3.8) is 0 Å². The van der Waals surface area contributed by atoms with Gasteiger partial charge in [-0.3, -0.25) is 9.59 Å². The molecule has 33 heavy (non-hydrogen) atoms. The van der Waals surface area contributed by atoms with Gasteiger partial charge in [0.25, 0.3) is 0 Å². The van der Waals surface area contributed by atoms with Crippen LogP contribution >= 0.6 is 0 Å². The molecule has 1 amide bonds. The Balaban J connectivity index is 1.95. The van der Waals surface area contributed by atoms with Crippen LogP contribution in [0, 0.1) is 0 Å². The summed E-state index contributed by atoms with van der Waals surface area (Å²) in [4.78, 5) is 36.6. The summed E-state index contributed by atoms with van der Waals surface area (Å²) in [5.74, 6) is -1.24. The number of methoxy groups -OCH3 is 1. The van der Waals surface area contributed by atoms with Crippen LogP contribution in [-0.2, 0) is 29.5 Å². The average Bonchev–Trinajstić information content (AvgIpc) is 2.77. The van der Waals surface area contributed by atoms with Gasteiger partial charge in [0.2, 0.25) is 11.5 Å². The second-order valence-corrected chi connectivity index (χ2v) is 8.84. The first kappa shape index (κ1) is 26.1. The fourth-order valence-electron chi connectivity index (χ4n) is 3.40. The molecule has 0 aliphatic carbocycles. The van der Waals surface area contributed by atoms with Crippen LogP contribution in [0.1, 0.15) is 64.0 Å². The van der Waals surface area contributed by atoms with E-state index in [-0.39, 0.29) is 17.4 Å². The average molecular weight is 456 g/mol. The van der Waals surface area contributed by atoms with Gasteiger partial charge >= 0.3 is 11.9 Å². The maximum atomic E-state index is 12.5. The SMILES string of the molecule is COC(=O)C(O)(c1ccccc1)c1cccc(NC(=O)CCCCCC(=O)OC(C)(C)C)c1. The van der Waals surface area contributed by atoms with Crippen LogP contribution in [0.5, 0.6) is 0 Å². The van der Waals surface area contributed by atoms with Gasteiger partial charge in [0.15, 0.2) is 0 Å². The Kier molecular flexibility index (Phi) is 9.17. The highest BCUT2D eigenvalue weighted by molar-refractivity contribution is 5.91. The number of rotatable bonds is 10. The Morgan fingerprint density at radius 1 is 0.879 bits per heavy atom. The summed E-state index contributed by atoms with van der Waals surface area (Å²) < 4.78 is 10.1. The van der Waals surface area contributed by atoms with E-state index in [4.69, 9.17) is 9.47 Å². The van der Waals surface area contributed by atoms with Gasteiger partial charge < -0.3 is 19.9 Å². The van der Waals surface area contributed by atoms with Gasteiger partial charge in [0.05, 0.1) is 7.11 Å². The monoisotopic (exact) mass is 455 g/mol. The van der Waals surface area contributed by atoms with Crippen molar-refractivity contribution in [2.24, 2.45) is 0 Å². The molecule has 2 N–H and O–H groups in total. The number of ether oxygens (including phenoxy) is 2. The number of anilines is 1. The number of aliphatic hydroxyl groups is 1. The molecule has 1 unspecified atom stereocenters. The molecule has 2 rings (SSSR count). The molecule has 0 aliphatic rings. The normalized spacial score (nSPS) is 13.0. The number of hydrogen-bond donors (Lipinski definition) is 2. The van der Waals surface area contributed by atoms with Crippen LogP contribution in [0.2, 0.25) is 0 Å². The first-order valence-corrected chi connectivity index (χ1v) is 11.0. The van der Waals surface area contributed by atoms with E-state index in [1.165, 1.54) is 7.11 Å². The zero-order valence-electron chi connectivity index (χ0n) is 19.7. The van der Waals surface area contributed by atoms with Gasteiger partial charge in [-0.1, -0.05) is 48.9 Å². The highest BCUT2D eigenvalue weighted by Gasteiger charge is 2.41. The minimum absolute atomic E-state index is 0.189. The second kappa shape index (κ2) is 11.6. The molecule has 0 radical (unpaired) electrons. The third kappa shape index (κ3) is 7.71. The standard InChI is InChI=1S/C26H33NO6/c1-25(2,3)33-23(29)17-10-6-9-16-22(28)27-21-15-11-14-20(18-21)26(31,24(30)32-4)19-12-7-5-8-13-19/h5,7-8,11-15,18,31H,6,9-10,16-17H2,1-4H3,(H,27,28). The van der Waals surface area contributed by atoms with Gasteiger partial charge in [-0.2, -0.15) is 0 Å². The first-order chi connectivity index (χ1) is 15.6. The Morgan fingerprint density at radius 3 is 2.15 bits per heavy atom. The number of nitrogens with one attached hydrogen (secondary N) is 1. The predicted octanol–water partition coefficient (Wildman–Crippen LogP) is 4.33. The summed E-state index contributed by atoms with van der Waals surface area (Å²) in [5, 5.41) is 14.1. The van der Waals surface area contributed by atoms with Crippen LogP contribution in [0.3, 0.4) is 0 Å². The molecule has 0 saturated heterocycles. The van der Waals surface area contributed by atoms with E-state index in [0.717, 1.165) is 6.42 Å². The van der Waals surface area contributed by atoms with Crippen molar-refractivity contribution in [2.75, 3.05) is 12.4 Å². The van der Waals surface area contributed by atoms with Crippen molar-refractivity contribution in [3.8, 4) is 0 Å². The number of carbonyl (C=O) groups is 3. The summed E-state index contributed by atoms with van der Waals surface area (Å²) in [6.07, 6.45) is 2.62. The molecule has 7 heteroatoms. The minimum atomic E-state index is -2.00. The van der Waals surface area contributed by atoms with Crippen molar-refractivity contribution in [1.82, 2.24) is 0 Å². The highest BCUT2D eigenvalue weighted by atomic mass is 16.6. The van der Waals surface area contributed by atoms with E-state index < -0.39 is 17.2 Å². The van der Waals surface area contributed by atoms with E-state index in [9.17, 15) is 19.5 Å². The van der Waals surface area contributed by atoms with E-state index in [1.54, 1.807) is 54.6 Å². The summed E-state index contributed by atoms with van der Waals surface area (Å²) in [6, 6.07) is 15.0. The Labute approximate surface area is 195 Å². The molecular formula is C26H33NO6. The number of hydrogen-bond acceptors (Lipinski definition) is 6. The molecule has 7 nitrogen and oxygen atoms in total. The van der Waals surface area contributed by atoms with Crippen LogP contribution in [0.4, 0.5) is 5.69 Å². The van der Waals surface area contributed by atoms with Crippen molar-refractivity contribution in [2.45, 2.75) is 64.1 Å².